The van der Waals surface area contributed by atoms with Crippen molar-refractivity contribution < 1.29 is 19.4 Å². The zero-order valence-corrected chi connectivity index (χ0v) is 12.5. The van der Waals surface area contributed by atoms with Gasteiger partial charge < -0.3 is 20.9 Å². The van der Waals surface area contributed by atoms with Gasteiger partial charge in [0.2, 0.25) is 0 Å². The molecule has 120 valence electrons. The molecular formula is C16H22N2O4. The van der Waals surface area contributed by atoms with Gasteiger partial charge in [0, 0.05) is 11.7 Å². The van der Waals surface area contributed by atoms with Gasteiger partial charge >= 0.3 is 5.97 Å². The van der Waals surface area contributed by atoms with Crippen molar-refractivity contribution in [3.63, 3.8) is 0 Å². The lowest BCUT2D eigenvalue weighted by Crippen LogP contribution is -2.37. The number of aromatic hydroxyl groups is 1. The predicted octanol–water partition coefficient (Wildman–Crippen LogP) is 1.97. The molecule has 1 amide bonds. The van der Waals surface area contributed by atoms with Gasteiger partial charge in [0.25, 0.3) is 5.91 Å². The van der Waals surface area contributed by atoms with Gasteiger partial charge in [0.1, 0.15) is 5.75 Å². The highest BCUT2D eigenvalue weighted by molar-refractivity contribution is 5.96. The van der Waals surface area contributed by atoms with Gasteiger partial charge in [-0.15, -0.1) is 0 Å². The van der Waals surface area contributed by atoms with E-state index in [1.54, 1.807) is 0 Å². The number of nitrogens with two attached hydrogens (primary N) is 1. The van der Waals surface area contributed by atoms with Crippen molar-refractivity contribution >= 4 is 17.6 Å². The standard InChI is InChI=1S/C16H22N2O4/c17-14-8-7-12(19)9-13(14)16(21)22-10-15(20)18-11-5-3-1-2-4-6-11/h7-9,11,19H,1-6,10,17H2,(H,18,20). The van der Waals surface area contributed by atoms with Gasteiger partial charge in [0.05, 0.1) is 5.56 Å². The molecule has 1 fully saturated rings. The second-order valence-corrected chi connectivity index (χ2v) is 5.60. The fraction of sp³-hybridized carbons (Fsp3) is 0.500. The third-order valence-corrected chi connectivity index (χ3v) is 3.81. The van der Waals surface area contributed by atoms with E-state index in [0.29, 0.717) is 0 Å². The molecule has 0 atom stereocenters. The van der Waals surface area contributed by atoms with E-state index in [2.05, 4.69) is 5.32 Å². The number of nitrogens with one attached hydrogen (secondary N) is 1. The van der Waals surface area contributed by atoms with Crippen LogP contribution in [0.4, 0.5) is 5.69 Å². The highest BCUT2D eigenvalue weighted by atomic mass is 16.5. The van der Waals surface area contributed by atoms with Crippen LogP contribution in [0.1, 0.15) is 48.9 Å². The lowest BCUT2D eigenvalue weighted by molar-refractivity contribution is -0.125. The summed E-state index contributed by atoms with van der Waals surface area (Å²) < 4.78 is 4.96. The third-order valence-electron chi connectivity index (χ3n) is 3.81. The van der Waals surface area contributed by atoms with Crippen LogP contribution in [0.2, 0.25) is 0 Å². The number of esters is 1. The van der Waals surface area contributed by atoms with Crippen LogP contribution in [0.5, 0.6) is 5.75 Å². The first kappa shape index (κ1) is 16.1. The summed E-state index contributed by atoms with van der Waals surface area (Å²) in [6.45, 7) is -0.343. The first-order valence-corrected chi connectivity index (χ1v) is 7.61. The van der Waals surface area contributed by atoms with Crippen LogP contribution in [0.25, 0.3) is 0 Å². The van der Waals surface area contributed by atoms with Crippen molar-refractivity contribution in [3.05, 3.63) is 23.8 Å². The second kappa shape index (κ2) is 7.68. The summed E-state index contributed by atoms with van der Waals surface area (Å²) in [4.78, 5) is 23.7. The molecule has 0 aromatic heterocycles. The Balaban J connectivity index is 1.82. The largest absolute Gasteiger partial charge is 0.508 e. The summed E-state index contributed by atoms with van der Waals surface area (Å²) in [7, 11) is 0. The molecule has 1 aliphatic rings. The number of amides is 1. The lowest BCUT2D eigenvalue weighted by atomic mass is 10.1. The number of nitrogen functional groups attached to an aromatic ring is 1. The van der Waals surface area contributed by atoms with E-state index in [0.717, 1.165) is 25.7 Å². The number of rotatable bonds is 4. The monoisotopic (exact) mass is 306 g/mol. The number of ether oxygens (including phenoxy) is 1. The van der Waals surface area contributed by atoms with Crippen LogP contribution in [0, 0.1) is 0 Å². The Bertz CT molecular complexity index is 537. The minimum atomic E-state index is -0.718. The molecule has 1 saturated carbocycles. The number of phenols is 1. The summed E-state index contributed by atoms with van der Waals surface area (Å²) in [6.07, 6.45) is 6.59. The number of phenolic OH excluding ortho intramolecular Hbond substituents is 1. The van der Waals surface area contributed by atoms with E-state index in [1.807, 2.05) is 0 Å². The molecule has 4 N–H and O–H groups in total. The molecule has 22 heavy (non-hydrogen) atoms. The zero-order valence-electron chi connectivity index (χ0n) is 12.5. The van der Waals surface area contributed by atoms with E-state index < -0.39 is 5.97 Å². The molecule has 0 spiro atoms. The first-order valence-electron chi connectivity index (χ1n) is 7.61. The number of hydrogen-bond acceptors (Lipinski definition) is 5. The van der Waals surface area contributed by atoms with E-state index in [-0.39, 0.29) is 35.6 Å². The topological polar surface area (TPSA) is 102 Å². The third kappa shape index (κ3) is 4.65. The second-order valence-electron chi connectivity index (χ2n) is 5.60. The zero-order chi connectivity index (χ0) is 15.9. The number of carbonyl (C=O) groups is 2. The Hall–Kier alpha value is -2.24. The maximum Gasteiger partial charge on any atom is 0.340 e. The smallest absolute Gasteiger partial charge is 0.340 e. The highest BCUT2D eigenvalue weighted by Crippen LogP contribution is 2.19. The average molecular weight is 306 g/mol. The van der Waals surface area contributed by atoms with Crippen molar-refractivity contribution in [2.24, 2.45) is 0 Å². The molecule has 1 aromatic carbocycles. The summed E-state index contributed by atoms with van der Waals surface area (Å²) >= 11 is 0. The summed E-state index contributed by atoms with van der Waals surface area (Å²) in [6, 6.07) is 4.18. The molecule has 0 bridgehead atoms. The van der Waals surface area contributed by atoms with E-state index in [9.17, 15) is 14.7 Å². The first-order chi connectivity index (χ1) is 10.6. The molecule has 0 saturated heterocycles. The molecule has 0 radical (unpaired) electrons. The SMILES string of the molecule is Nc1ccc(O)cc1C(=O)OCC(=O)NC1CCCCCC1. The van der Waals surface area contributed by atoms with E-state index in [4.69, 9.17) is 10.5 Å². The number of carbonyl (C=O) groups excluding carboxylic acids is 2. The maximum absolute atomic E-state index is 11.9. The van der Waals surface area contributed by atoms with Crippen LogP contribution in [-0.4, -0.2) is 29.6 Å². The van der Waals surface area contributed by atoms with Crippen LogP contribution in [0.15, 0.2) is 18.2 Å². The van der Waals surface area contributed by atoms with Crippen molar-refractivity contribution in [2.75, 3.05) is 12.3 Å². The molecule has 0 heterocycles. The summed E-state index contributed by atoms with van der Waals surface area (Å²) in [5.74, 6) is -1.10. The molecule has 1 aromatic rings. The molecule has 2 rings (SSSR count). The Morgan fingerprint density at radius 2 is 1.91 bits per heavy atom. The maximum atomic E-state index is 11.9. The quantitative estimate of drug-likeness (QED) is 0.342. The summed E-state index contributed by atoms with van der Waals surface area (Å²) in [5.41, 5.74) is 5.91. The van der Waals surface area contributed by atoms with Crippen molar-refractivity contribution in [1.82, 2.24) is 5.32 Å². The van der Waals surface area contributed by atoms with E-state index >= 15 is 0 Å². The van der Waals surface area contributed by atoms with Gasteiger partial charge in [0.15, 0.2) is 6.61 Å². The van der Waals surface area contributed by atoms with Gasteiger partial charge in [-0.3, -0.25) is 4.79 Å². The number of anilines is 1. The Morgan fingerprint density at radius 1 is 1.23 bits per heavy atom. The Kier molecular flexibility index (Phi) is 5.63. The fourth-order valence-electron chi connectivity index (χ4n) is 2.62. The minimum absolute atomic E-state index is 0.0577. The van der Waals surface area contributed by atoms with Gasteiger partial charge in [-0.25, -0.2) is 4.79 Å². The molecule has 1 aliphatic carbocycles. The lowest BCUT2D eigenvalue weighted by Gasteiger charge is -2.16. The van der Waals surface area contributed by atoms with E-state index in [1.165, 1.54) is 31.0 Å². The highest BCUT2D eigenvalue weighted by Gasteiger charge is 2.17. The number of benzene rings is 1. The average Bonchev–Trinajstić information content (AvgIpc) is 2.76. The Morgan fingerprint density at radius 3 is 2.59 bits per heavy atom. The molecule has 6 heteroatoms. The van der Waals surface area contributed by atoms with Crippen molar-refractivity contribution in [1.29, 1.82) is 0 Å². The molecule has 6 nitrogen and oxygen atoms in total. The number of hydrogen-bond donors (Lipinski definition) is 3. The van der Waals surface area contributed by atoms with Crippen LogP contribution < -0.4 is 11.1 Å². The predicted molar refractivity (Wildman–Crippen MR) is 82.4 cm³/mol. The van der Waals surface area contributed by atoms with Gasteiger partial charge in [-0.2, -0.15) is 0 Å². The minimum Gasteiger partial charge on any atom is -0.508 e. The Labute approximate surface area is 129 Å². The molecular weight excluding hydrogens is 284 g/mol. The van der Waals surface area contributed by atoms with Gasteiger partial charge in [-0.05, 0) is 31.0 Å². The molecule has 0 unspecified atom stereocenters. The van der Waals surface area contributed by atoms with Gasteiger partial charge in [-0.1, -0.05) is 25.7 Å². The summed E-state index contributed by atoms with van der Waals surface area (Å²) in [5, 5.41) is 12.3. The fourth-order valence-corrected chi connectivity index (χ4v) is 2.62. The van der Waals surface area contributed by atoms with Crippen LogP contribution in [0.3, 0.4) is 0 Å². The van der Waals surface area contributed by atoms with Crippen LogP contribution in [-0.2, 0) is 9.53 Å². The van der Waals surface area contributed by atoms with Crippen molar-refractivity contribution in [3.8, 4) is 5.75 Å². The normalized spacial score (nSPS) is 15.8. The van der Waals surface area contributed by atoms with Crippen molar-refractivity contribution in [2.45, 2.75) is 44.6 Å². The molecule has 0 aliphatic heterocycles. The van der Waals surface area contributed by atoms with Crippen LogP contribution >= 0.6 is 0 Å².